The van der Waals surface area contributed by atoms with Crippen LogP contribution in [0.15, 0.2) is 218 Å². The topological polar surface area (TPSA) is 77.4 Å². The van der Waals surface area contributed by atoms with E-state index in [1.165, 1.54) is 152 Å². The first kappa shape index (κ1) is 62.4. The van der Waals surface area contributed by atoms with Crippen molar-refractivity contribution in [2.75, 3.05) is 0 Å². The zero-order valence-electron chi connectivity index (χ0n) is 49.7. The Kier molecular flexibility index (Phi) is 20.8. The number of allylic oxidation sites excluding steroid dienone is 2. The molecule has 4 fully saturated rings. The summed E-state index contributed by atoms with van der Waals surface area (Å²) in [6, 6.07) is 75.4. The molecular formula is C78H76Cl2O6Zr. The zero-order valence-corrected chi connectivity index (χ0v) is 53.6. The molecule has 9 heteroatoms. The maximum Gasteiger partial charge on any atom is 0.0610 e. The molecule has 0 aromatic heterocycles. The fraction of sp³-hybridized carbons (Fsp3) is 0.256. The molecule has 8 unspecified atom stereocenters. The summed E-state index contributed by atoms with van der Waals surface area (Å²) in [6.45, 7) is 0. The van der Waals surface area contributed by atoms with Crippen molar-refractivity contribution in [3.05, 3.63) is 278 Å². The second-order valence-electron chi connectivity index (χ2n) is 23.8. The summed E-state index contributed by atoms with van der Waals surface area (Å²) in [6.07, 6.45) is 20.8. The van der Waals surface area contributed by atoms with E-state index in [0.717, 1.165) is 48.0 Å². The Hall–Kier alpha value is -6.22. The van der Waals surface area contributed by atoms with Gasteiger partial charge in [0.25, 0.3) is 0 Å². The summed E-state index contributed by atoms with van der Waals surface area (Å²) in [5.74, 6) is 6.39. The van der Waals surface area contributed by atoms with Crippen molar-refractivity contribution in [3.8, 4) is 11.5 Å². The van der Waals surface area contributed by atoms with Crippen LogP contribution in [0, 0.1) is 38.5 Å². The van der Waals surface area contributed by atoms with Crippen molar-refractivity contribution in [3.63, 3.8) is 0 Å². The molecule has 0 saturated heterocycles. The Morgan fingerprint density at radius 1 is 0.356 bits per heavy atom. The number of rotatable bonds is 9. The van der Waals surface area contributed by atoms with Gasteiger partial charge >= 0.3 is 37.9 Å². The van der Waals surface area contributed by atoms with Crippen LogP contribution in [0.5, 0.6) is 11.5 Å². The maximum atomic E-state index is 7.30. The molecule has 10 aromatic rings. The summed E-state index contributed by atoms with van der Waals surface area (Å²) >= 11 is -0.826. The smallest absolute Gasteiger partial charge is 0.0610 e. The summed E-state index contributed by atoms with van der Waals surface area (Å²) in [5.41, 5.74) is 13.4. The standard InChI is InChI=1S/C38H42O.C38H26O.2CH3.2ClH.H2O4.Zr/c2*1-3-13-27-25(9-1)11-5-15-29(27)33-21-23-35-31(33)17-7-19-37(35)39-38-20-8-18-32-34(22-24-36(32)38)30-16-6-12-26-10-2-4-14-28(26)30;;;;;1-3-4-2;/h1-6,9-16,31-38H,7-8,17-24H2;1-22H,23-24H2;2*1H3;2*1H;1-2H;/q;;2*-1;;;;+4/p-2. The van der Waals surface area contributed by atoms with Crippen molar-refractivity contribution < 1.29 is 50.9 Å². The van der Waals surface area contributed by atoms with E-state index in [9.17, 15) is 0 Å². The molecule has 0 radical (unpaired) electrons. The van der Waals surface area contributed by atoms with Gasteiger partial charge in [0.1, 0.15) is 11.5 Å². The van der Waals surface area contributed by atoms with Crippen LogP contribution < -0.4 is 4.74 Å². The van der Waals surface area contributed by atoms with E-state index in [1.54, 1.807) is 11.1 Å². The molecule has 0 bridgehead atoms. The number of halogens is 2. The molecule has 0 spiro atoms. The molecule has 6 aliphatic rings. The molecule has 2 N–H and O–H groups in total. The monoisotopic (exact) mass is 1270 g/mol. The normalized spacial score (nSPS) is 22.0. The van der Waals surface area contributed by atoms with Crippen LogP contribution in [-0.4, -0.2) is 22.7 Å². The number of ether oxygens (including phenoxy) is 2. The fourth-order valence-corrected chi connectivity index (χ4v) is 16.4. The van der Waals surface area contributed by atoms with E-state index in [0.29, 0.717) is 24.0 Å². The number of hydrogen-bond acceptors (Lipinski definition) is 6. The average Bonchev–Trinajstić information content (AvgIpc) is 2.85. The molecule has 442 valence electrons. The van der Waals surface area contributed by atoms with Crippen LogP contribution >= 0.6 is 17.0 Å². The van der Waals surface area contributed by atoms with E-state index >= 15 is 0 Å². The van der Waals surface area contributed by atoms with Gasteiger partial charge in [-0.3, -0.25) is 0 Å². The minimum Gasteiger partial charge on any atom is -0.374 e. The molecule has 10 aromatic carbocycles. The minimum absolute atomic E-state index is 0. The van der Waals surface area contributed by atoms with E-state index < -0.39 is 20.8 Å². The van der Waals surface area contributed by atoms with Gasteiger partial charge in [0, 0.05) is 11.1 Å². The predicted octanol–water partition coefficient (Wildman–Crippen LogP) is 22.0. The van der Waals surface area contributed by atoms with E-state index in [-0.39, 0.29) is 14.9 Å². The second-order valence-corrected chi connectivity index (χ2v) is 27.6. The number of benzene rings is 10. The summed E-state index contributed by atoms with van der Waals surface area (Å²) in [7, 11) is 9.87. The first-order valence-corrected chi connectivity index (χ1v) is 36.8. The molecule has 16 rings (SSSR count). The molecule has 0 amide bonds. The van der Waals surface area contributed by atoms with Crippen LogP contribution in [0.25, 0.3) is 54.2 Å². The van der Waals surface area contributed by atoms with Gasteiger partial charge in [-0.15, -0.1) is 0 Å². The molecule has 87 heavy (non-hydrogen) atoms. The Balaban J connectivity index is 0.000000160. The van der Waals surface area contributed by atoms with E-state index in [1.807, 2.05) is 0 Å². The Morgan fingerprint density at radius 3 is 1.11 bits per heavy atom. The van der Waals surface area contributed by atoms with Gasteiger partial charge in [-0.2, -0.15) is 0 Å². The van der Waals surface area contributed by atoms with Gasteiger partial charge in [0.05, 0.1) is 12.2 Å². The van der Waals surface area contributed by atoms with Gasteiger partial charge in [-0.1, -0.05) is 219 Å². The Bertz CT molecular complexity index is 3790. The maximum absolute atomic E-state index is 7.30. The zero-order chi connectivity index (χ0) is 57.6. The van der Waals surface area contributed by atoms with Gasteiger partial charge < -0.3 is 24.3 Å². The number of hydrogen-bond donors (Lipinski definition) is 2. The van der Waals surface area contributed by atoms with Crippen molar-refractivity contribution in [1.82, 2.24) is 0 Å². The van der Waals surface area contributed by atoms with Crippen molar-refractivity contribution >= 4 is 71.3 Å². The van der Waals surface area contributed by atoms with Gasteiger partial charge in [0.15, 0.2) is 0 Å². The van der Waals surface area contributed by atoms with Gasteiger partial charge in [0.2, 0.25) is 0 Å². The third-order valence-electron chi connectivity index (χ3n) is 19.8. The SMILES string of the molecule is C1=C(c2cccc3ccccc23)c2cccc(Oc3cccc4c3CC=C4c3cccc4ccccc34)c2C1.OOOO.[CH3-].[CH3-].[Cl][Zr+2][Cl].c1ccc2c(C3CCC4C(OC5CCCC6C(c7cccc8ccccc78)CCC56)CCCC34)cccc2c1. The van der Waals surface area contributed by atoms with Crippen LogP contribution in [0.3, 0.4) is 0 Å². The molecule has 0 aliphatic heterocycles. The van der Waals surface area contributed by atoms with Gasteiger partial charge in [-0.05, 0) is 210 Å². The van der Waals surface area contributed by atoms with Crippen LogP contribution in [0.2, 0.25) is 0 Å². The van der Waals surface area contributed by atoms with Crippen LogP contribution in [0.1, 0.15) is 121 Å². The van der Waals surface area contributed by atoms with E-state index in [4.69, 9.17) is 37.0 Å². The van der Waals surface area contributed by atoms with Crippen molar-refractivity contribution in [2.24, 2.45) is 23.7 Å². The molecule has 6 aliphatic carbocycles. The third-order valence-corrected chi connectivity index (χ3v) is 19.8. The molecule has 6 nitrogen and oxygen atoms in total. The predicted molar refractivity (Wildman–Crippen MR) is 357 cm³/mol. The largest absolute Gasteiger partial charge is 0.374 e. The van der Waals surface area contributed by atoms with Gasteiger partial charge in [-0.25, -0.2) is 10.5 Å². The first-order valence-electron chi connectivity index (χ1n) is 30.5. The van der Waals surface area contributed by atoms with E-state index in [2.05, 4.69) is 228 Å². The summed E-state index contributed by atoms with van der Waals surface area (Å²) < 4.78 is 14.0. The van der Waals surface area contributed by atoms with Crippen molar-refractivity contribution in [2.45, 2.75) is 101 Å². The average molecular weight is 1270 g/mol. The fourth-order valence-electron chi connectivity index (χ4n) is 16.4. The summed E-state index contributed by atoms with van der Waals surface area (Å²) in [5, 5.41) is 29.9. The number of fused-ring (bicyclic) bond motifs is 8. The third kappa shape index (κ3) is 12.7. The van der Waals surface area contributed by atoms with Crippen LogP contribution in [-0.2, 0) is 48.5 Å². The van der Waals surface area contributed by atoms with Crippen LogP contribution in [0.4, 0.5) is 0 Å². The molecule has 4 saturated carbocycles. The first-order chi connectivity index (χ1) is 42.0. The molecule has 0 heterocycles. The Morgan fingerprint density at radius 2 is 0.701 bits per heavy atom. The quantitative estimate of drug-likeness (QED) is 0.0852. The minimum atomic E-state index is -0.826. The Labute approximate surface area is 532 Å². The molecule has 8 atom stereocenters. The summed E-state index contributed by atoms with van der Waals surface area (Å²) in [4.78, 5) is 0. The van der Waals surface area contributed by atoms with Crippen molar-refractivity contribution in [1.29, 1.82) is 0 Å². The molecular weight excluding hydrogens is 1190 g/mol. The second kappa shape index (κ2) is 29.0.